The summed E-state index contributed by atoms with van der Waals surface area (Å²) in [6, 6.07) is 6.03. The molecule has 1 amide bonds. The number of amides is 1. The molecule has 2 fully saturated rings. The second-order valence-corrected chi connectivity index (χ2v) is 10.1. The highest BCUT2D eigenvalue weighted by molar-refractivity contribution is 7.93. The lowest BCUT2D eigenvalue weighted by Gasteiger charge is -2.39. The summed E-state index contributed by atoms with van der Waals surface area (Å²) >= 11 is 6.30. The predicted octanol–water partition coefficient (Wildman–Crippen LogP) is 2.40. The number of hydrogen-bond acceptors (Lipinski definition) is 6. The highest BCUT2D eigenvalue weighted by Gasteiger charge is 2.59. The zero-order chi connectivity index (χ0) is 20.1. The molecular weight excluding hydrogens is 400 g/mol. The van der Waals surface area contributed by atoms with Crippen LogP contribution in [0.4, 0.5) is 5.82 Å². The van der Waals surface area contributed by atoms with Crippen molar-refractivity contribution in [3.05, 3.63) is 53.7 Å². The summed E-state index contributed by atoms with van der Waals surface area (Å²) in [6.45, 7) is 3.73. The first kappa shape index (κ1) is 18.9. The van der Waals surface area contributed by atoms with Crippen LogP contribution >= 0.6 is 11.6 Å². The van der Waals surface area contributed by atoms with E-state index in [9.17, 15) is 13.2 Å². The number of aromatic nitrogens is 2. The van der Waals surface area contributed by atoms with Gasteiger partial charge in [-0.2, -0.15) is 0 Å². The van der Waals surface area contributed by atoms with Gasteiger partial charge in [0.15, 0.2) is 15.7 Å². The Labute approximate surface area is 168 Å². The lowest BCUT2D eigenvalue weighted by atomic mass is 10.0. The van der Waals surface area contributed by atoms with Crippen LogP contribution in [0.25, 0.3) is 11.4 Å². The van der Waals surface area contributed by atoms with Gasteiger partial charge in [0.05, 0.1) is 16.5 Å². The van der Waals surface area contributed by atoms with Crippen molar-refractivity contribution in [3.63, 3.8) is 0 Å². The number of sulfone groups is 1. The maximum atomic E-state index is 12.9. The molecule has 1 aliphatic heterocycles. The van der Waals surface area contributed by atoms with Crippen LogP contribution in [0.15, 0.2) is 43.1 Å². The Balaban J connectivity index is 1.79. The van der Waals surface area contributed by atoms with Gasteiger partial charge in [-0.3, -0.25) is 4.79 Å². The third-order valence-corrected chi connectivity index (χ3v) is 8.21. The lowest BCUT2D eigenvalue weighted by Crippen LogP contribution is -2.52. The Morgan fingerprint density at radius 3 is 2.75 bits per heavy atom. The summed E-state index contributed by atoms with van der Waals surface area (Å²) in [5.74, 6) is 0.242. The highest BCUT2D eigenvalue weighted by Crippen LogP contribution is 2.50. The Morgan fingerprint density at radius 1 is 1.36 bits per heavy atom. The van der Waals surface area contributed by atoms with Crippen LogP contribution in [-0.2, 0) is 14.6 Å². The monoisotopic (exact) mass is 418 g/mol. The number of carbonyl (C=O) groups excluding carboxylic acids is 1. The highest BCUT2D eigenvalue weighted by atomic mass is 35.5. The van der Waals surface area contributed by atoms with Crippen molar-refractivity contribution in [1.29, 1.82) is 0 Å². The van der Waals surface area contributed by atoms with E-state index in [1.807, 2.05) is 0 Å². The normalized spacial score (nSPS) is 22.0. The number of nitrogens with zero attached hydrogens (tertiary/aromatic N) is 3. The van der Waals surface area contributed by atoms with Gasteiger partial charge in [0.2, 0.25) is 5.91 Å². The van der Waals surface area contributed by atoms with Crippen molar-refractivity contribution in [2.24, 2.45) is 0 Å². The van der Waals surface area contributed by atoms with Gasteiger partial charge in [0, 0.05) is 23.3 Å². The van der Waals surface area contributed by atoms with E-state index in [-0.39, 0.29) is 18.2 Å². The largest absolute Gasteiger partial charge is 0.384 e. The standard InChI is InChI=1S/C19H19ClN4O3S/c1-2-17(25)24-11-19(4-5-19)28(26,27)10-15(24)12-7-13(9-14(20)8-12)18-22-6-3-16(21)23-18/h2-3,6-9,15H,1,4-5,10-11H2,(H2,21,22,23). The number of rotatable bonds is 3. The number of nitrogens with two attached hydrogens (primary N) is 1. The molecule has 4 rings (SSSR count). The molecule has 7 nitrogen and oxygen atoms in total. The van der Waals surface area contributed by atoms with E-state index in [0.29, 0.717) is 40.6 Å². The fourth-order valence-electron chi connectivity index (χ4n) is 3.67. The Bertz CT molecular complexity index is 1080. The second-order valence-electron chi connectivity index (χ2n) is 7.23. The van der Waals surface area contributed by atoms with Gasteiger partial charge in [-0.15, -0.1) is 0 Å². The summed E-state index contributed by atoms with van der Waals surface area (Å²) in [5, 5.41) is 0.397. The van der Waals surface area contributed by atoms with Crippen LogP contribution in [0.3, 0.4) is 0 Å². The number of benzene rings is 1. The van der Waals surface area contributed by atoms with Crippen molar-refractivity contribution >= 4 is 33.2 Å². The summed E-state index contributed by atoms with van der Waals surface area (Å²) in [6.07, 6.45) is 3.92. The number of halogens is 1. The SMILES string of the molecule is C=CC(=O)N1CC2(CC2)S(=O)(=O)CC1c1cc(Cl)cc(-c2nccc(N)n2)c1. The van der Waals surface area contributed by atoms with Crippen LogP contribution < -0.4 is 5.73 Å². The minimum Gasteiger partial charge on any atom is -0.384 e. The summed E-state index contributed by atoms with van der Waals surface area (Å²) < 4.78 is 24.9. The van der Waals surface area contributed by atoms with Gasteiger partial charge >= 0.3 is 0 Å². The molecule has 0 bridgehead atoms. The zero-order valence-corrected chi connectivity index (χ0v) is 16.6. The lowest BCUT2D eigenvalue weighted by molar-refractivity contribution is -0.128. The van der Waals surface area contributed by atoms with Gasteiger partial charge in [0.25, 0.3) is 0 Å². The third kappa shape index (κ3) is 3.16. The summed E-state index contributed by atoms with van der Waals surface area (Å²) in [4.78, 5) is 22.5. The molecule has 1 atom stereocenters. The van der Waals surface area contributed by atoms with Crippen molar-refractivity contribution in [2.45, 2.75) is 23.6 Å². The molecule has 1 aromatic heterocycles. The first-order valence-electron chi connectivity index (χ1n) is 8.79. The summed E-state index contributed by atoms with van der Waals surface area (Å²) in [7, 11) is -3.34. The molecular formula is C19H19ClN4O3S. The molecule has 1 aliphatic carbocycles. The van der Waals surface area contributed by atoms with Crippen molar-refractivity contribution < 1.29 is 13.2 Å². The molecule has 2 N–H and O–H groups in total. The average molecular weight is 419 g/mol. The van der Waals surface area contributed by atoms with Crippen molar-refractivity contribution in [2.75, 3.05) is 18.0 Å². The van der Waals surface area contributed by atoms with Crippen LogP contribution in [0.1, 0.15) is 24.4 Å². The third-order valence-electron chi connectivity index (χ3n) is 5.38. The fourth-order valence-corrected chi connectivity index (χ4v) is 6.12. The molecule has 146 valence electrons. The minimum absolute atomic E-state index is 0.149. The van der Waals surface area contributed by atoms with Crippen LogP contribution in [-0.4, -0.2) is 46.2 Å². The molecule has 2 aromatic rings. The van der Waals surface area contributed by atoms with Crippen LogP contribution in [0.5, 0.6) is 0 Å². The number of carbonyl (C=O) groups is 1. The van der Waals surface area contributed by atoms with E-state index in [4.69, 9.17) is 17.3 Å². The first-order valence-corrected chi connectivity index (χ1v) is 10.8. The Hall–Kier alpha value is -2.45. The van der Waals surface area contributed by atoms with Crippen LogP contribution in [0.2, 0.25) is 5.02 Å². The molecule has 1 aromatic carbocycles. The van der Waals surface area contributed by atoms with Gasteiger partial charge in [-0.25, -0.2) is 18.4 Å². The fraction of sp³-hybridized carbons (Fsp3) is 0.316. The smallest absolute Gasteiger partial charge is 0.246 e. The molecule has 2 heterocycles. The zero-order valence-electron chi connectivity index (χ0n) is 15.0. The maximum absolute atomic E-state index is 12.9. The van der Waals surface area contributed by atoms with E-state index in [0.717, 1.165) is 0 Å². The first-order chi connectivity index (χ1) is 13.2. The molecule has 1 unspecified atom stereocenters. The molecule has 1 saturated carbocycles. The van der Waals surface area contributed by atoms with E-state index in [1.54, 1.807) is 29.2 Å². The second kappa shape index (κ2) is 6.56. The van der Waals surface area contributed by atoms with Gasteiger partial charge in [-0.1, -0.05) is 18.2 Å². The van der Waals surface area contributed by atoms with E-state index < -0.39 is 20.6 Å². The topological polar surface area (TPSA) is 106 Å². The molecule has 0 radical (unpaired) electrons. The predicted molar refractivity (Wildman–Crippen MR) is 107 cm³/mol. The molecule has 9 heteroatoms. The number of hydrogen-bond donors (Lipinski definition) is 1. The van der Waals surface area contributed by atoms with E-state index in [2.05, 4.69) is 16.5 Å². The van der Waals surface area contributed by atoms with E-state index >= 15 is 0 Å². The molecule has 28 heavy (non-hydrogen) atoms. The summed E-state index contributed by atoms with van der Waals surface area (Å²) in [5.41, 5.74) is 6.96. The van der Waals surface area contributed by atoms with Crippen molar-refractivity contribution in [1.82, 2.24) is 14.9 Å². The average Bonchev–Trinajstić information content (AvgIpc) is 3.44. The molecule has 1 spiro atoms. The van der Waals surface area contributed by atoms with Gasteiger partial charge in [-0.05, 0) is 48.7 Å². The Kier molecular flexibility index (Phi) is 4.43. The molecule has 1 saturated heterocycles. The molecule has 2 aliphatic rings. The van der Waals surface area contributed by atoms with Crippen molar-refractivity contribution in [3.8, 4) is 11.4 Å². The Morgan fingerprint density at radius 2 is 2.11 bits per heavy atom. The quantitative estimate of drug-likeness (QED) is 0.767. The maximum Gasteiger partial charge on any atom is 0.246 e. The van der Waals surface area contributed by atoms with Crippen LogP contribution in [0, 0.1) is 0 Å². The number of nitrogen functional groups attached to an aromatic ring is 1. The van der Waals surface area contributed by atoms with Gasteiger partial charge in [0.1, 0.15) is 5.82 Å². The minimum atomic E-state index is -3.34. The van der Waals surface area contributed by atoms with Gasteiger partial charge < -0.3 is 10.6 Å². The number of anilines is 1. The van der Waals surface area contributed by atoms with E-state index in [1.165, 1.54) is 12.3 Å².